The minimum atomic E-state index is -0.516. The Labute approximate surface area is 574 Å². The monoisotopic (exact) mass is 1490 g/mol. The lowest BCUT2D eigenvalue weighted by atomic mass is 10.1. The molecule has 4 heterocycles. The van der Waals surface area contributed by atoms with Crippen molar-refractivity contribution in [2.75, 3.05) is 12.8 Å². The second-order valence-corrected chi connectivity index (χ2v) is 28.6. The van der Waals surface area contributed by atoms with E-state index in [0.29, 0.717) is 103 Å². The second-order valence-electron chi connectivity index (χ2n) is 20.3. The van der Waals surface area contributed by atoms with Crippen LogP contribution in [0.4, 0.5) is 5.69 Å². The quantitative estimate of drug-likeness (QED) is 0.0765. The van der Waals surface area contributed by atoms with Crippen LogP contribution in [0, 0.1) is 0 Å². The van der Waals surface area contributed by atoms with E-state index in [0.717, 1.165) is 14.9 Å². The number of aryl methyl sites for hydroxylation is 4. The van der Waals surface area contributed by atoms with Crippen LogP contribution in [0.15, 0.2) is 136 Å². The molecule has 3 N–H and O–H groups in total. The molecular weight excluding hydrogens is 1440 g/mol. The molecule has 0 saturated carbocycles. The lowest BCUT2D eigenvalue weighted by molar-refractivity contribution is 0.0600. The molecule has 29 heteroatoms. The Hall–Kier alpha value is -4.17. The van der Waals surface area contributed by atoms with Crippen molar-refractivity contribution in [1.29, 1.82) is 0 Å². The number of carbonyl (C=O) groups is 1. The molecule has 8 aromatic rings. The fourth-order valence-corrected chi connectivity index (χ4v) is 14.8. The summed E-state index contributed by atoms with van der Waals surface area (Å²) in [5.41, 5.74) is 9.49. The summed E-state index contributed by atoms with van der Waals surface area (Å²) in [5.74, 6) is -0.106. The molecule has 4 aromatic heterocycles. The SMILES string of the molecule is CC(C)c1cc(Sc2c(Cl)cc(Br)cc2Cl)nn(C)c1=O.CC(C)c1cc(Sc2c(Cl)cc(CO)cc2Cl)nn(C)c1=O.CC(C)c1cc(Sc2c(Cl)cc(N)cc2Cl)nn(C)c1=O.COC(=O)c1cc(Cl)c(Sc2cc(C(C)C)c(=O)n(C)n2)c(Cl)c1. The van der Waals surface area contributed by atoms with Crippen LogP contribution in [-0.4, -0.2) is 57.3 Å². The van der Waals surface area contributed by atoms with Crippen LogP contribution < -0.4 is 28.0 Å². The molecule has 0 fully saturated rings. The van der Waals surface area contributed by atoms with Crippen LogP contribution >= 0.6 is 156 Å². The third-order valence-electron chi connectivity index (χ3n) is 12.2. The number of ether oxygens (including phenoxy) is 1. The van der Waals surface area contributed by atoms with Crippen molar-refractivity contribution in [2.24, 2.45) is 28.2 Å². The molecule has 0 atom stereocenters. The number of rotatable bonds is 14. The number of hydrogen-bond donors (Lipinski definition) is 2. The zero-order valence-corrected chi connectivity index (χ0v) is 60.4. The van der Waals surface area contributed by atoms with Gasteiger partial charge in [-0.3, -0.25) is 19.2 Å². The van der Waals surface area contributed by atoms with Crippen LogP contribution in [0.1, 0.15) is 117 Å². The highest BCUT2D eigenvalue weighted by molar-refractivity contribution is 9.10. The van der Waals surface area contributed by atoms with E-state index >= 15 is 0 Å². The van der Waals surface area contributed by atoms with Crippen molar-refractivity contribution in [3.8, 4) is 0 Å². The van der Waals surface area contributed by atoms with Gasteiger partial charge in [-0.15, -0.1) is 0 Å². The van der Waals surface area contributed by atoms with Gasteiger partial charge in [-0.25, -0.2) is 23.5 Å². The Morgan fingerprint density at radius 1 is 0.466 bits per heavy atom. The van der Waals surface area contributed by atoms with E-state index in [4.69, 9.17) is 104 Å². The largest absolute Gasteiger partial charge is 0.465 e. The van der Waals surface area contributed by atoms with E-state index in [1.807, 2.05) is 55.4 Å². The summed E-state index contributed by atoms with van der Waals surface area (Å²) < 4.78 is 10.8. The molecular formula is C59H60BrCl8N9O7S4. The fourth-order valence-electron chi connectivity index (χ4n) is 7.68. The van der Waals surface area contributed by atoms with Gasteiger partial charge < -0.3 is 15.6 Å². The molecule has 4 aromatic carbocycles. The Kier molecular flexibility index (Phi) is 28.3. The van der Waals surface area contributed by atoms with Gasteiger partial charge in [-0.05, 0) is 102 Å². The smallest absolute Gasteiger partial charge is 0.337 e. The molecule has 0 amide bonds. The summed E-state index contributed by atoms with van der Waals surface area (Å²) >= 11 is 58.3. The molecule has 0 saturated heterocycles. The number of aliphatic hydroxyl groups is 1. The van der Waals surface area contributed by atoms with Crippen LogP contribution in [0.3, 0.4) is 0 Å². The average molecular weight is 1500 g/mol. The second kappa shape index (κ2) is 33.4. The van der Waals surface area contributed by atoms with E-state index in [1.165, 1.54) is 85.0 Å². The topological polar surface area (TPSA) is 212 Å². The molecule has 0 spiro atoms. The first-order valence-electron chi connectivity index (χ1n) is 26.3. The van der Waals surface area contributed by atoms with E-state index in [2.05, 4.69) is 41.1 Å². The van der Waals surface area contributed by atoms with E-state index in [1.54, 1.807) is 88.9 Å². The maximum atomic E-state index is 12.1. The standard InChI is InChI=1S/C16H16Cl2N2O3S.C15H16Cl2N2O2S.C14H13BrCl2N2OS.C14H15Cl2N3OS/c1-8(2)10-7-13(19-20(3)15(10)21)24-14-11(17)5-9(6-12(14)18)16(22)23-4;1-8(2)10-6-13(18-19(3)15(10)21)22-14-11(16)4-9(7-20)5-12(14)17;1-7(2)9-6-12(18-19(3)14(9)20)21-13-10(16)4-8(15)5-11(13)17;1-7(2)9-6-12(18-19(3)14(9)20)21-13-10(15)4-8(17)5-11(13)16/h5-8H,1-4H3;4-6,8,20H,7H2,1-3H3;4-7H,1-3H3;4-7H,17H2,1-3H3. The molecule has 0 aliphatic carbocycles. The fraction of sp³-hybridized carbons (Fsp3) is 0.305. The number of nitrogen functional groups attached to an aromatic ring is 1. The highest BCUT2D eigenvalue weighted by Crippen LogP contribution is 2.43. The Balaban J connectivity index is 0.000000214. The molecule has 16 nitrogen and oxygen atoms in total. The molecule has 0 bridgehead atoms. The predicted octanol–water partition coefficient (Wildman–Crippen LogP) is 17.1. The van der Waals surface area contributed by atoms with E-state index in [-0.39, 0.29) is 58.1 Å². The number of aromatic nitrogens is 8. The van der Waals surface area contributed by atoms with Gasteiger partial charge in [0.25, 0.3) is 22.2 Å². The summed E-state index contributed by atoms with van der Waals surface area (Å²) in [6, 6.07) is 20.2. The minimum absolute atomic E-state index is 0.0682. The van der Waals surface area contributed by atoms with Gasteiger partial charge >= 0.3 is 5.97 Å². The van der Waals surface area contributed by atoms with Crippen molar-refractivity contribution >= 4 is 167 Å². The van der Waals surface area contributed by atoms with Crippen LogP contribution in [-0.2, 0) is 39.5 Å². The lowest BCUT2D eigenvalue weighted by Crippen LogP contribution is -2.24. The van der Waals surface area contributed by atoms with E-state index < -0.39 is 5.97 Å². The van der Waals surface area contributed by atoms with Crippen molar-refractivity contribution < 1.29 is 14.6 Å². The zero-order chi connectivity index (χ0) is 65.9. The van der Waals surface area contributed by atoms with Gasteiger partial charge in [-0.2, -0.15) is 20.4 Å². The summed E-state index contributed by atoms with van der Waals surface area (Å²) in [4.78, 5) is 62.4. The van der Waals surface area contributed by atoms with Crippen LogP contribution in [0.5, 0.6) is 0 Å². The molecule has 470 valence electrons. The van der Waals surface area contributed by atoms with Gasteiger partial charge in [0, 0.05) is 60.6 Å². The third kappa shape index (κ3) is 19.9. The normalized spacial score (nSPS) is 11.1. The number of benzene rings is 4. The molecule has 88 heavy (non-hydrogen) atoms. The molecule has 0 radical (unpaired) electrons. The molecule has 8 rings (SSSR count). The number of carbonyl (C=O) groups excluding carboxylic acids is 1. The molecule has 0 aliphatic heterocycles. The van der Waals surface area contributed by atoms with Crippen molar-refractivity contribution in [3.05, 3.63) is 192 Å². The summed E-state index contributed by atoms with van der Waals surface area (Å²) in [7, 11) is 7.78. The number of aliphatic hydroxyl groups excluding tert-OH is 1. The summed E-state index contributed by atoms with van der Waals surface area (Å²) in [6.45, 7) is 15.6. The molecule has 0 unspecified atom stereocenters. The Morgan fingerprint density at radius 2 is 0.705 bits per heavy atom. The van der Waals surface area contributed by atoms with Gasteiger partial charge in [0.15, 0.2) is 0 Å². The maximum absolute atomic E-state index is 12.1. The summed E-state index contributed by atoms with van der Waals surface area (Å²) in [6.07, 6.45) is 0. The first-order valence-corrected chi connectivity index (χ1v) is 33.3. The van der Waals surface area contributed by atoms with Crippen molar-refractivity contribution in [3.63, 3.8) is 0 Å². The lowest BCUT2D eigenvalue weighted by Gasteiger charge is -2.11. The number of esters is 1. The first kappa shape index (κ1) is 74.6. The van der Waals surface area contributed by atoms with Gasteiger partial charge in [-0.1, -0.05) is 211 Å². The number of halogens is 9. The maximum Gasteiger partial charge on any atom is 0.337 e. The predicted molar refractivity (Wildman–Crippen MR) is 366 cm³/mol. The number of methoxy groups -OCH3 is 1. The zero-order valence-electron chi connectivity index (χ0n) is 49.5. The number of nitrogens with zero attached hydrogens (tertiary/aromatic N) is 8. The highest BCUT2D eigenvalue weighted by Gasteiger charge is 2.20. The van der Waals surface area contributed by atoms with Crippen molar-refractivity contribution in [1.82, 2.24) is 39.1 Å². The number of hydrogen-bond acceptors (Lipinski definition) is 16. The number of anilines is 1. The Bertz CT molecular complexity index is 3930. The first-order chi connectivity index (χ1) is 41.1. The van der Waals surface area contributed by atoms with Crippen LogP contribution in [0.2, 0.25) is 40.2 Å². The highest BCUT2D eigenvalue weighted by atomic mass is 79.9. The third-order valence-corrected chi connectivity index (χ3v) is 20.2. The van der Waals surface area contributed by atoms with Gasteiger partial charge in [0.05, 0.1) is 79.0 Å². The number of nitrogens with two attached hydrogens (primary N) is 1. The Morgan fingerprint density at radius 3 is 0.943 bits per heavy atom. The van der Waals surface area contributed by atoms with Crippen molar-refractivity contribution in [2.45, 2.75) is 125 Å². The van der Waals surface area contributed by atoms with Gasteiger partial charge in [0.1, 0.15) is 20.1 Å². The van der Waals surface area contributed by atoms with Crippen LogP contribution in [0.25, 0.3) is 0 Å². The summed E-state index contributed by atoms with van der Waals surface area (Å²) in [5, 5.41) is 32.2. The minimum Gasteiger partial charge on any atom is -0.465 e. The van der Waals surface area contributed by atoms with Gasteiger partial charge in [0.2, 0.25) is 0 Å². The average Bonchev–Trinajstić information content (AvgIpc) is 2.31. The molecule has 0 aliphatic rings. The van der Waals surface area contributed by atoms with E-state index in [9.17, 15) is 24.0 Å².